The molecular weight excluding hydrogens is 405 g/mol. The first-order chi connectivity index (χ1) is 14.4. The van der Waals surface area contributed by atoms with Gasteiger partial charge < -0.3 is 5.32 Å². The maximum atomic E-state index is 13.2. The molecule has 30 heavy (non-hydrogen) atoms. The van der Waals surface area contributed by atoms with Gasteiger partial charge in [-0.1, -0.05) is 23.1 Å². The third kappa shape index (κ3) is 4.00. The molecule has 0 aromatic heterocycles. The van der Waals surface area contributed by atoms with E-state index in [0.29, 0.717) is 31.5 Å². The maximum Gasteiger partial charge on any atom is 0.236 e. The fraction of sp³-hybridized carbons (Fsp3) is 0.682. The Labute approximate surface area is 179 Å². The minimum atomic E-state index is -3.22. The fourth-order valence-electron chi connectivity index (χ4n) is 6.51. The van der Waals surface area contributed by atoms with Gasteiger partial charge in [-0.2, -0.15) is 8.61 Å². The van der Waals surface area contributed by atoms with Gasteiger partial charge in [-0.05, 0) is 79.9 Å². The second kappa shape index (κ2) is 8.06. The van der Waals surface area contributed by atoms with Crippen molar-refractivity contribution in [2.75, 3.05) is 19.6 Å². The van der Waals surface area contributed by atoms with Crippen molar-refractivity contribution in [3.05, 3.63) is 35.6 Å². The van der Waals surface area contributed by atoms with E-state index in [2.05, 4.69) is 5.32 Å². The molecule has 166 valence electrons. The molecule has 1 aromatic carbocycles. The predicted molar refractivity (Wildman–Crippen MR) is 115 cm³/mol. The minimum Gasteiger partial charge on any atom is -0.352 e. The highest BCUT2D eigenvalue weighted by atomic mass is 32.3. The quantitative estimate of drug-likeness (QED) is 0.652. The first kappa shape index (κ1) is 20.7. The molecule has 8 heteroatoms. The summed E-state index contributed by atoms with van der Waals surface area (Å²) in [4.78, 5) is 12.9. The van der Waals surface area contributed by atoms with Gasteiger partial charge in [-0.25, -0.2) is 4.39 Å². The molecule has 5 aliphatic rings. The van der Waals surface area contributed by atoms with Crippen molar-refractivity contribution in [2.24, 2.45) is 23.7 Å². The summed E-state index contributed by atoms with van der Waals surface area (Å²) in [5.41, 5.74) is 0.816. The zero-order valence-electron chi connectivity index (χ0n) is 17.3. The lowest BCUT2D eigenvalue weighted by Crippen LogP contribution is -2.57. The second-order valence-electron chi connectivity index (χ2n) is 9.72. The number of hydrogen-bond donors (Lipinski definition) is 3. The molecule has 6 rings (SSSR count). The summed E-state index contributed by atoms with van der Waals surface area (Å²) in [5.74, 6) is 2.50. The summed E-state index contributed by atoms with van der Waals surface area (Å²) in [6.07, 6.45) is 7.09. The van der Waals surface area contributed by atoms with Crippen molar-refractivity contribution in [2.45, 2.75) is 51.1 Å². The number of carbonyl (C=O) groups is 1. The third-order valence-electron chi connectivity index (χ3n) is 7.65. The Kier molecular flexibility index (Phi) is 5.56. The molecule has 4 aliphatic carbocycles. The Hall–Kier alpha value is -1.19. The van der Waals surface area contributed by atoms with Crippen molar-refractivity contribution < 1.29 is 18.3 Å². The van der Waals surface area contributed by atoms with Gasteiger partial charge in [0.15, 0.2) is 0 Å². The number of nitrogens with one attached hydrogen (secondary N) is 1. The molecule has 5 fully saturated rings. The zero-order chi connectivity index (χ0) is 20.9. The number of halogens is 1. The number of amides is 1. The molecule has 1 amide bonds. The van der Waals surface area contributed by atoms with E-state index in [1.54, 1.807) is 16.4 Å². The van der Waals surface area contributed by atoms with Gasteiger partial charge in [0.1, 0.15) is 5.82 Å². The first-order valence-corrected chi connectivity index (χ1v) is 12.7. The van der Waals surface area contributed by atoms with Crippen molar-refractivity contribution in [1.82, 2.24) is 13.9 Å². The van der Waals surface area contributed by atoms with Crippen LogP contribution in [0.4, 0.5) is 4.39 Å². The SMILES string of the molecule is O=C(CN1CCCN(Cc2ccc(F)cc2)S1(O)O)NC1C2CC3CC(C2)CC1C3. The van der Waals surface area contributed by atoms with Crippen LogP contribution in [0.1, 0.15) is 44.1 Å². The van der Waals surface area contributed by atoms with Crippen molar-refractivity contribution in [3.8, 4) is 0 Å². The Morgan fingerprint density at radius 2 is 1.60 bits per heavy atom. The van der Waals surface area contributed by atoms with E-state index in [4.69, 9.17) is 0 Å². The molecule has 0 radical (unpaired) electrons. The molecule has 1 saturated heterocycles. The summed E-state index contributed by atoms with van der Waals surface area (Å²) in [6.45, 7) is 1.34. The molecule has 1 heterocycles. The highest BCUT2D eigenvalue weighted by Crippen LogP contribution is 2.54. The number of hydrogen-bond acceptors (Lipinski definition) is 5. The smallest absolute Gasteiger partial charge is 0.236 e. The summed E-state index contributed by atoms with van der Waals surface area (Å²) in [5, 5.41) is 3.27. The molecule has 6 nitrogen and oxygen atoms in total. The Morgan fingerprint density at radius 3 is 2.23 bits per heavy atom. The van der Waals surface area contributed by atoms with Gasteiger partial charge in [0.2, 0.25) is 5.91 Å². The molecule has 1 aliphatic heterocycles. The van der Waals surface area contributed by atoms with Crippen LogP contribution in [0.25, 0.3) is 0 Å². The van der Waals surface area contributed by atoms with Crippen LogP contribution < -0.4 is 5.32 Å². The van der Waals surface area contributed by atoms with Crippen LogP contribution in [0.5, 0.6) is 0 Å². The Balaban J connectivity index is 1.20. The predicted octanol–water partition coefficient (Wildman–Crippen LogP) is 3.85. The highest BCUT2D eigenvalue weighted by Gasteiger charge is 2.48. The van der Waals surface area contributed by atoms with Crippen LogP contribution in [0.3, 0.4) is 0 Å². The number of benzene rings is 1. The van der Waals surface area contributed by atoms with Crippen LogP contribution >= 0.6 is 11.0 Å². The largest absolute Gasteiger partial charge is 0.352 e. The van der Waals surface area contributed by atoms with Crippen LogP contribution in [0.15, 0.2) is 24.3 Å². The highest BCUT2D eigenvalue weighted by molar-refractivity contribution is 8.20. The van der Waals surface area contributed by atoms with Gasteiger partial charge >= 0.3 is 0 Å². The summed E-state index contributed by atoms with van der Waals surface area (Å²) < 4.78 is 38.1. The van der Waals surface area contributed by atoms with Crippen LogP contribution in [-0.4, -0.2) is 49.3 Å². The van der Waals surface area contributed by atoms with Crippen molar-refractivity contribution in [3.63, 3.8) is 0 Å². The maximum absolute atomic E-state index is 13.2. The van der Waals surface area contributed by atoms with Crippen molar-refractivity contribution in [1.29, 1.82) is 0 Å². The normalized spacial score (nSPS) is 36.6. The standard InChI is InChI=1S/C22H32FN3O3S/c23-20-4-2-15(3-5-20)13-25-6-1-7-26(30(25,28)29)14-21(27)24-22-18-9-16-8-17(11-18)12-19(22)10-16/h2-5,16-19,22,28-29H,1,6-14H2,(H,24,27). The average Bonchev–Trinajstić information content (AvgIpc) is 2.69. The zero-order valence-corrected chi connectivity index (χ0v) is 18.1. The average molecular weight is 438 g/mol. The van der Waals surface area contributed by atoms with Crippen LogP contribution in [-0.2, 0) is 11.3 Å². The summed E-state index contributed by atoms with van der Waals surface area (Å²) in [6, 6.07) is 6.32. The summed E-state index contributed by atoms with van der Waals surface area (Å²) in [7, 11) is -3.22. The lowest BCUT2D eigenvalue weighted by molar-refractivity contribution is -0.125. The lowest BCUT2D eigenvalue weighted by atomic mass is 9.54. The second-order valence-corrected chi connectivity index (χ2v) is 11.7. The van der Waals surface area contributed by atoms with Gasteiger partial charge in [0.25, 0.3) is 0 Å². The number of carbonyl (C=O) groups excluding carboxylic acids is 1. The van der Waals surface area contributed by atoms with Gasteiger partial charge in [0.05, 0.1) is 6.54 Å². The number of nitrogens with zero attached hydrogens (tertiary/aromatic N) is 2. The summed E-state index contributed by atoms with van der Waals surface area (Å²) >= 11 is 0. The topological polar surface area (TPSA) is 76.0 Å². The molecular formula is C22H32FN3O3S. The minimum absolute atomic E-state index is 0.00501. The van der Waals surface area contributed by atoms with Crippen molar-refractivity contribution >= 4 is 16.9 Å². The van der Waals surface area contributed by atoms with Gasteiger partial charge in [-0.15, -0.1) is 0 Å². The molecule has 0 spiro atoms. The first-order valence-electron chi connectivity index (χ1n) is 11.2. The third-order valence-corrected chi connectivity index (χ3v) is 9.66. The molecule has 3 N–H and O–H groups in total. The molecule has 0 atom stereocenters. The van der Waals surface area contributed by atoms with E-state index >= 15 is 0 Å². The monoisotopic (exact) mass is 437 g/mol. The molecule has 0 unspecified atom stereocenters. The van der Waals surface area contributed by atoms with Crippen LogP contribution in [0, 0.1) is 29.5 Å². The van der Waals surface area contributed by atoms with E-state index in [0.717, 1.165) is 23.8 Å². The molecule has 4 bridgehead atoms. The van der Waals surface area contributed by atoms with Crippen LogP contribution in [0.2, 0.25) is 0 Å². The Bertz CT molecular complexity index is 762. The Morgan fingerprint density at radius 1 is 1.00 bits per heavy atom. The van der Waals surface area contributed by atoms with E-state index in [9.17, 15) is 18.3 Å². The van der Waals surface area contributed by atoms with Gasteiger partial charge in [0, 0.05) is 25.7 Å². The lowest BCUT2D eigenvalue weighted by Gasteiger charge is -2.55. The molecule has 4 saturated carbocycles. The fourth-order valence-corrected chi connectivity index (χ4v) is 8.20. The van der Waals surface area contributed by atoms with E-state index in [1.807, 2.05) is 0 Å². The molecule has 1 aromatic rings. The van der Waals surface area contributed by atoms with E-state index < -0.39 is 11.0 Å². The van der Waals surface area contributed by atoms with E-state index in [-0.39, 0.29) is 24.3 Å². The van der Waals surface area contributed by atoms with E-state index in [1.165, 1.54) is 48.5 Å². The van der Waals surface area contributed by atoms with Gasteiger partial charge in [-0.3, -0.25) is 13.9 Å². The number of rotatable bonds is 5.